The minimum Gasteiger partial charge on any atom is -1.00 e. The Bertz CT molecular complexity index is 713. The van der Waals surface area contributed by atoms with Gasteiger partial charge in [-0.2, -0.15) is 0 Å². The van der Waals surface area contributed by atoms with Gasteiger partial charge in [0.15, 0.2) is 0 Å². The van der Waals surface area contributed by atoms with Crippen molar-refractivity contribution in [1.29, 1.82) is 0 Å². The van der Waals surface area contributed by atoms with Gasteiger partial charge in [-0.15, -0.1) is 0 Å². The molecule has 0 aromatic rings. The van der Waals surface area contributed by atoms with Crippen LogP contribution in [0, 0.1) is 0 Å². The standard InChI is InChI=1S/C17H39N5O2.C15H34N4.C3H6O2.2ClH/c1-20-17(19)21-11-7-3-5-9-13-22(14-16(24)15-23)12-8-4-2-6-10-18;1-18-15(17)19-14-12-10-8-6-4-2-3-5-7-9-11-13-16;4-1-3-2-5-3;;/h16,23-24H,2-15,18H2,1H3,(H3,19,20,21);2-14,16H2,1H3,(H3,17,18,19);3-4H,1-2H2;2*1H. The van der Waals surface area contributed by atoms with Crippen molar-refractivity contribution in [2.45, 2.75) is 134 Å². The second kappa shape index (κ2) is 45.9. The van der Waals surface area contributed by atoms with Crippen LogP contribution in [0.2, 0.25) is 0 Å². The summed E-state index contributed by atoms with van der Waals surface area (Å²) in [5.41, 5.74) is 22.2. The Balaban J connectivity index is -0.000000363. The highest BCUT2D eigenvalue weighted by atomic mass is 35.5. The van der Waals surface area contributed by atoms with Crippen molar-refractivity contribution >= 4 is 11.9 Å². The number of ether oxygens (including phenoxy) is 1. The average molecular weight is 763 g/mol. The maximum atomic E-state index is 9.68. The number of epoxide rings is 1. The minimum absolute atomic E-state index is 0. The van der Waals surface area contributed by atoms with Crippen molar-refractivity contribution < 1.29 is 54.9 Å². The van der Waals surface area contributed by atoms with Crippen LogP contribution in [0.5, 0.6) is 0 Å². The summed E-state index contributed by atoms with van der Waals surface area (Å²) in [4.78, 5) is 8.02. The second-order valence-corrected chi connectivity index (χ2v) is 12.8. The van der Waals surface area contributed by atoms with Crippen molar-refractivity contribution in [2.24, 2.45) is 22.9 Å². The number of guanidine groups is 2. The third kappa shape index (κ3) is 46.8. The first-order chi connectivity index (χ1) is 23.4. The van der Waals surface area contributed by atoms with Gasteiger partial charge in [0.05, 0.1) is 53.1 Å². The molecular formula is C35H81Cl2N9O4. The van der Waals surface area contributed by atoms with Crippen LogP contribution in [0.15, 0.2) is 0 Å². The Morgan fingerprint density at radius 3 is 1.28 bits per heavy atom. The van der Waals surface area contributed by atoms with Crippen LogP contribution in [0.4, 0.5) is 0 Å². The Morgan fingerprint density at radius 2 is 1.00 bits per heavy atom. The molecule has 0 saturated carbocycles. The average Bonchev–Trinajstić information content (AvgIpc) is 3.95. The van der Waals surface area contributed by atoms with E-state index in [4.69, 9.17) is 33.1 Å². The monoisotopic (exact) mass is 762 g/mol. The molecule has 2 unspecified atom stereocenters. The molecule has 13 nitrogen and oxygen atoms in total. The number of unbranched alkanes of at least 4 members (excludes halogenated alkanes) is 16. The molecule has 0 spiro atoms. The van der Waals surface area contributed by atoms with E-state index in [0.29, 0.717) is 18.5 Å². The highest BCUT2D eigenvalue weighted by Crippen LogP contribution is 2.11. The van der Waals surface area contributed by atoms with E-state index in [1.807, 2.05) is 7.05 Å². The van der Waals surface area contributed by atoms with Crippen molar-refractivity contribution in [3.63, 3.8) is 0 Å². The van der Waals surface area contributed by atoms with Crippen LogP contribution in [0.3, 0.4) is 0 Å². The van der Waals surface area contributed by atoms with Gasteiger partial charge < -0.3 is 61.2 Å². The molecule has 304 valence electrons. The lowest BCUT2D eigenvalue weighted by Crippen LogP contribution is -3.00. The third-order valence-corrected chi connectivity index (χ3v) is 8.17. The van der Waals surface area contributed by atoms with E-state index in [2.05, 4.69) is 30.3 Å². The molecule has 0 aliphatic carbocycles. The lowest BCUT2D eigenvalue weighted by atomic mass is 10.1. The molecule has 0 aromatic carbocycles. The highest BCUT2D eigenvalue weighted by molar-refractivity contribution is 5.71. The number of halogens is 2. The van der Waals surface area contributed by atoms with Crippen LogP contribution in [0.1, 0.15) is 122 Å². The van der Waals surface area contributed by atoms with Crippen molar-refractivity contribution in [3.05, 3.63) is 0 Å². The molecular weight excluding hydrogens is 681 g/mol. The van der Waals surface area contributed by atoms with E-state index >= 15 is 0 Å². The SMILES string of the molecule is C[NH+]=C(N)NCCCCCCCCCCCCCN.C[NH+]=C(N)NCCCCCCN(CCCCCCN)CC(O)CO.OCC1CO1.[Cl-].[Cl-]. The molecule has 1 saturated heterocycles. The molecule has 15 heteroatoms. The number of hydrogen-bond donors (Lipinski definition) is 11. The summed E-state index contributed by atoms with van der Waals surface area (Å²) in [7, 11) is 3.63. The Kier molecular flexibility index (Phi) is 51.0. The topological polar surface area (TPSA) is 233 Å². The van der Waals surface area contributed by atoms with Gasteiger partial charge in [-0.25, -0.2) is 0 Å². The Morgan fingerprint density at radius 1 is 0.660 bits per heavy atom. The zero-order chi connectivity index (χ0) is 35.9. The molecule has 15 N–H and O–H groups in total. The highest BCUT2D eigenvalue weighted by Gasteiger charge is 2.19. The molecule has 0 bridgehead atoms. The van der Waals surface area contributed by atoms with Gasteiger partial charge in [-0.1, -0.05) is 83.5 Å². The maximum absolute atomic E-state index is 9.68. The summed E-state index contributed by atoms with van der Waals surface area (Å²) in [6, 6.07) is 0. The Hall–Kier alpha value is -1.16. The fourth-order valence-electron chi connectivity index (χ4n) is 4.95. The van der Waals surface area contributed by atoms with E-state index in [0.717, 1.165) is 78.0 Å². The van der Waals surface area contributed by atoms with Gasteiger partial charge in [-0.3, -0.25) is 32.1 Å². The first-order valence-electron chi connectivity index (χ1n) is 19.1. The van der Waals surface area contributed by atoms with E-state index in [1.54, 1.807) is 7.05 Å². The van der Waals surface area contributed by atoms with E-state index in [9.17, 15) is 5.11 Å². The van der Waals surface area contributed by atoms with Crippen molar-refractivity contribution in [3.8, 4) is 0 Å². The first-order valence-corrected chi connectivity index (χ1v) is 19.1. The number of aliphatic hydroxyl groups is 3. The molecule has 2 atom stereocenters. The second-order valence-electron chi connectivity index (χ2n) is 12.8. The normalized spacial score (nSPS) is 14.4. The molecule has 1 aliphatic heterocycles. The number of hydrogen-bond acceptors (Lipinski definition) is 7. The summed E-state index contributed by atoms with van der Waals surface area (Å²) in [5.74, 6) is 1.29. The molecule has 1 fully saturated rings. The van der Waals surface area contributed by atoms with E-state index < -0.39 is 6.10 Å². The lowest BCUT2D eigenvalue weighted by Gasteiger charge is -2.24. The zero-order valence-electron chi connectivity index (χ0n) is 31.9. The molecule has 0 radical (unpaired) electrons. The van der Waals surface area contributed by atoms with Gasteiger partial charge in [0.2, 0.25) is 0 Å². The minimum atomic E-state index is -0.640. The number of nitrogens with two attached hydrogens (primary N) is 4. The van der Waals surface area contributed by atoms with E-state index in [1.165, 1.54) is 89.9 Å². The smallest absolute Gasteiger partial charge is 0.340 e. The summed E-state index contributed by atoms with van der Waals surface area (Å²) in [6.45, 7) is 6.79. The van der Waals surface area contributed by atoms with Crippen LogP contribution < -0.4 is 68.4 Å². The molecule has 50 heavy (non-hydrogen) atoms. The van der Waals surface area contributed by atoms with E-state index in [-0.39, 0.29) is 44.1 Å². The maximum Gasteiger partial charge on any atom is 0.340 e. The predicted octanol–water partition coefficient (Wildman–Crippen LogP) is -7.43. The fourth-order valence-corrected chi connectivity index (χ4v) is 4.95. The number of rotatable bonds is 30. The largest absolute Gasteiger partial charge is 1.00 e. The van der Waals surface area contributed by atoms with Gasteiger partial charge in [0.1, 0.15) is 6.10 Å². The fraction of sp³-hybridized carbons (Fsp3) is 0.943. The summed E-state index contributed by atoms with van der Waals surface area (Å²) in [6.07, 6.45) is 23.4. The predicted molar refractivity (Wildman–Crippen MR) is 200 cm³/mol. The summed E-state index contributed by atoms with van der Waals surface area (Å²) in [5, 5.41) is 33.1. The third-order valence-electron chi connectivity index (χ3n) is 8.17. The van der Waals surface area contributed by atoms with Gasteiger partial charge in [-0.05, 0) is 64.7 Å². The first kappa shape index (κ1) is 55.6. The molecule has 0 amide bonds. The summed E-state index contributed by atoms with van der Waals surface area (Å²) >= 11 is 0. The lowest BCUT2D eigenvalue weighted by molar-refractivity contribution is -0.423. The zero-order valence-corrected chi connectivity index (χ0v) is 33.4. The molecule has 1 heterocycles. The molecule has 1 aliphatic rings. The number of nitrogens with zero attached hydrogens (tertiary/aromatic N) is 1. The number of aliphatic hydroxyl groups excluding tert-OH is 3. The molecule has 0 aromatic heterocycles. The van der Waals surface area contributed by atoms with Crippen LogP contribution >= 0.6 is 0 Å². The van der Waals surface area contributed by atoms with Gasteiger partial charge in [0, 0.05) is 6.54 Å². The van der Waals surface area contributed by atoms with Gasteiger partial charge >= 0.3 is 11.9 Å². The van der Waals surface area contributed by atoms with Crippen LogP contribution in [-0.4, -0.2) is 124 Å². The summed E-state index contributed by atoms with van der Waals surface area (Å²) < 4.78 is 4.61. The number of nitrogens with one attached hydrogen (secondary N) is 4. The Labute approximate surface area is 318 Å². The van der Waals surface area contributed by atoms with Crippen LogP contribution in [0.25, 0.3) is 0 Å². The van der Waals surface area contributed by atoms with Crippen molar-refractivity contribution in [2.75, 3.05) is 79.7 Å². The van der Waals surface area contributed by atoms with Crippen LogP contribution in [-0.2, 0) is 4.74 Å². The van der Waals surface area contributed by atoms with Gasteiger partial charge in [0.25, 0.3) is 0 Å². The molecule has 1 rings (SSSR count). The quantitative estimate of drug-likeness (QED) is 0.0143. The van der Waals surface area contributed by atoms with Crippen molar-refractivity contribution in [1.82, 2.24) is 15.5 Å².